The van der Waals surface area contributed by atoms with Crippen LogP contribution in [0.25, 0.3) is 0 Å². The molecule has 8 heteroatoms. The van der Waals surface area contributed by atoms with Crippen LogP contribution in [0.4, 0.5) is 11.4 Å². The molecule has 120 valence electrons. The van der Waals surface area contributed by atoms with Crippen molar-refractivity contribution in [3.63, 3.8) is 0 Å². The fourth-order valence-electron chi connectivity index (χ4n) is 1.51. The van der Waals surface area contributed by atoms with E-state index in [0.29, 0.717) is 11.4 Å². The van der Waals surface area contributed by atoms with Crippen molar-refractivity contribution >= 4 is 29.1 Å². The van der Waals surface area contributed by atoms with Gasteiger partial charge in [0.1, 0.15) is 0 Å². The molecule has 0 aliphatic carbocycles. The number of aliphatic hydroxyl groups excluding tert-OH is 1. The van der Waals surface area contributed by atoms with E-state index in [2.05, 4.69) is 16.0 Å². The van der Waals surface area contributed by atoms with Gasteiger partial charge in [-0.25, -0.2) is 0 Å². The second kappa shape index (κ2) is 9.48. The van der Waals surface area contributed by atoms with Crippen molar-refractivity contribution in [1.82, 2.24) is 5.32 Å². The molecular formula is C14H19N3O5. The van der Waals surface area contributed by atoms with Gasteiger partial charge in [0.05, 0.1) is 19.8 Å². The Kier molecular flexibility index (Phi) is 7.58. The van der Waals surface area contributed by atoms with Crippen molar-refractivity contribution in [3.05, 3.63) is 24.3 Å². The maximum Gasteiger partial charge on any atom is 0.313 e. The number of hydrogen-bond acceptors (Lipinski definition) is 5. The molecule has 0 fully saturated rings. The lowest BCUT2D eigenvalue weighted by Gasteiger charge is -2.08. The fourth-order valence-corrected chi connectivity index (χ4v) is 1.51. The molecule has 0 saturated heterocycles. The van der Waals surface area contributed by atoms with E-state index in [0.717, 1.165) is 0 Å². The number of nitrogens with one attached hydrogen (secondary N) is 3. The molecule has 0 aliphatic heterocycles. The van der Waals surface area contributed by atoms with E-state index in [-0.39, 0.29) is 32.3 Å². The summed E-state index contributed by atoms with van der Waals surface area (Å²) < 4.78 is 4.95. The summed E-state index contributed by atoms with van der Waals surface area (Å²) in [5.74, 6) is -1.77. The summed E-state index contributed by atoms with van der Waals surface area (Å²) in [7, 11) is 0. The highest BCUT2D eigenvalue weighted by Gasteiger charge is 2.12. The Morgan fingerprint density at radius 1 is 1.00 bits per heavy atom. The smallest absolute Gasteiger partial charge is 0.313 e. The molecule has 8 nitrogen and oxygen atoms in total. The predicted molar refractivity (Wildman–Crippen MR) is 80.3 cm³/mol. The Balaban J connectivity index is 2.37. The van der Waals surface area contributed by atoms with E-state index in [4.69, 9.17) is 9.84 Å². The van der Waals surface area contributed by atoms with Crippen LogP contribution in [0.5, 0.6) is 0 Å². The number of carbonyl (C=O) groups excluding carboxylic acids is 3. The highest BCUT2D eigenvalue weighted by Crippen LogP contribution is 2.13. The number of rotatable bonds is 7. The first-order chi connectivity index (χ1) is 10.5. The van der Waals surface area contributed by atoms with Gasteiger partial charge >= 0.3 is 11.8 Å². The van der Waals surface area contributed by atoms with Gasteiger partial charge in [-0.15, -0.1) is 0 Å². The Hall–Kier alpha value is -2.45. The van der Waals surface area contributed by atoms with Gasteiger partial charge in [0.15, 0.2) is 0 Å². The van der Waals surface area contributed by atoms with E-state index in [9.17, 15) is 14.4 Å². The lowest BCUT2D eigenvalue weighted by Crippen LogP contribution is -2.37. The molecule has 0 bridgehead atoms. The molecular weight excluding hydrogens is 290 g/mol. The first-order valence-corrected chi connectivity index (χ1v) is 6.68. The van der Waals surface area contributed by atoms with Crippen LogP contribution in [-0.4, -0.2) is 49.2 Å². The van der Waals surface area contributed by atoms with Gasteiger partial charge in [0, 0.05) is 24.8 Å². The third-order valence-electron chi connectivity index (χ3n) is 2.44. The molecule has 0 heterocycles. The summed E-state index contributed by atoms with van der Waals surface area (Å²) in [5, 5.41) is 15.9. The van der Waals surface area contributed by atoms with Crippen LogP contribution in [0.2, 0.25) is 0 Å². The van der Waals surface area contributed by atoms with Crippen molar-refractivity contribution < 1.29 is 24.2 Å². The maximum absolute atomic E-state index is 11.6. The maximum atomic E-state index is 11.6. The summed E-state index contributed by atoms with van der Waals surface area (Å²) in [6.45, 7) is 1.87. The Morgan fingerprint density at radius 3 is 2.14 bits per heavy atom. The SMILES string of the molecule is CC(=O)Nc1ccc(NC(=O)C(=O)NCCOCCO)cc1. The van der Waals surface area contributed by atoms with E-state index in [1.807, 2.05) is 0 Å². The van der Waals surface area contributed by atoms with Crippen LogP contribution >= 0.6 is 0 Å². The zero-order chi connectivity index (χ0) is 16.4. The molecule has 0 aromatic heterocycles. The van der Waals surface area contributed by atoms with Crippen molar-refractivity contribution in [1.29, 1.82) is 0 Å². The molecule has 0 atom stereocenters. The lowest BCUT2D eigenvalue weighted by molar-refractivity contribution is -0.136. The zero-order valence-corrected chi connectivity index (χ0v) is 12.2. The van der Waals surface area contributed by atoms with Crippen molar-refractivity contribution in [3.8, 4) is 0 Å². The summed E-state index contributed by atoms with van der Waals surface area (Å²) >= 11 is 0. The standard InChI is InChI=1S/C14H19N3O5/c1-10(19)16-11-2-4-12(5-3-11)17-14(21)13(20)15-6-8-22-9-7-18/h2-5,18H,6-9H2,1H3,(H,15,20)(H,16,19)(H,17,21). The quantitative estimate of drug-likeness (QED) is 0.408. The monoisotopic (exact) mass is 309 g/mol. The molecule has 22 heavy (non-hydrogen) atoms. The first-order valence-electron chi connectivity index (χ1n) is 6.68. The second-order valence-corrected chi connectivity index (χ2v) is 4.30. The highest BCUT2D eigenvalue weighted by atomic mass is 16.5. The minimum absolute atomic E-state index is 0.0943. The predicted octanol–water partition coefficient (Wildman–Crippen LogP) is -0.291. The van der Waals surface area contributed by atoms with Gasteiger partial charge in [-0.3, -0.25) is 14.4 Å². The number of anilines is 2. The molecule has 3 amide bonds. The topological polar surface area (TPSA) is 117 Å². The van der Waals surface area contributed by atoms with Crippen molar-refractivity contribution in [2.75, 3.05) is 37.0 Å². The van der Waals surface area contributed by atoms with Crippen LogP contribution in [-0.2, 0) is 19.1 Å². The number of amides is 3. The Labute approximate surface area is 127 Å². The lowest BCUT2D eigenvalue weighted by atomic mass is 10.2. The van der Waals surface area contributed by atoms with Crippen LogP contribution < -0.4 is 16.0 Å². The molecule has 0 aliphatic rings. The molecule has 0 unspecified atom stereocenters. The van der Waals surface area contributed by atoms with Gasteiger partial charge in [0.2, 0.25) is 5.91 Å². The minimum atomic E-state index is -0.797. The largest absolute Gasteiger partial charge is 0.394 e. The Bertz CT molecular complexity index is 516. The molecule has 1 aromatic carbocycles. The van der Waals surface area contributed by atoms with Crippen molar-refractivity contribution in [2.45, 2.75) is 6.92 Å². The minimum Gasteiger partial charge on any atom is -0.394 e. The third kappa shape index (κ3) is 6.82. The molecule has 0 spiro atoms. The van der Waals surface area contributed by atoms with Crippen LogP contribution in [0.1, 0.15) is 6.92 Å². The number of carbonyl (C=O) groups is 3. The van der Waals surface area contributed by atoms with Gasteiger partial charge in [-0.05, 0) is 24.3 Å². The molecule has 1 rings (SSSR count). The van der Waals surface area contributed by atoms with Crippen molar-refractivity contribution in [2.24, 2.45) is 0 Å². The average molecular weight is 309 g/mol. The van der Waals surface area contributed by atoms with E-state index in [1.165, 1.54) is 6.92 Å². The van der Waals surface area contributed by atoms with E-state index >= 15 is 0 Å². The van der Waals surface area contributed by atoms with Gasteiger partial charge in [0.25, 0.3) is 0 Å². The van der Waals surface area contributed by atoms with Gasteiger partial charge < -0.3 is 25.8 Å². The van der Waals surface area contributed by atoms with Gasteiger partial charge in [-0.2, -0.15) is 0 Å². The molecule has 0 radical (unpaired) electrons. The molecule has 0 saturated carbocycles. The van der Waals surface area contributed by atoms with Crippen LogP contribution in [0.15, 0.2) is 24.3 Å². The normalized spacial score (nSPS) is 9.91. The highest BCUT2D eigenvalue weighted by molar-refractivity contribution is 6.39. The van der Waals surface area contributed by atoms with Crippen LogP contribution in [0, 0.1) is 0 Å². The molecule has 1 aromatic rings. The number of ether oxygens (including phenoxy) is 1. The van der Waals surface area contributed by atoms with E-state index < -0.39 is 11.8 Å². The van der Waals surface area contributed by atoms with Gasteiger partial charge in [-0.1, -0.05) is 0 Å². The number of benzene rings is 1. The summed E-state index contributed by atoms with van der Waals surface area (Å²) in [6.07, 6.45) is 0. The zero-order valence-electron chi connectivity index (χ0n) is 12.2. The summed E-state index contributed by atoms with van der Waals surface area (Å²) in [4.78, 5) is 34.0. The summed E-state index contributed by atoms with van der Waals surface area (Å²) in [5.41, 5.74) is 1.03. The Morgan fingerprint density at radius 2 is 1.59 bits per heavy atom. The fraction of sp³-hybridized carbons (Fsp3) is 0.357. The third-order valence-corrected chi connectivity index (χ3v) is 2.44. The van der Waals surface area contributed by atoms with E-state index in [1.54, 1.807) is 24.3 Å². The summed E-state index contributed by atoms with van der Waals surface area (Å²) in [6, 6.07) is 6.36. The average Bonchev–Trinajstić information content (AvgIpc) is 2.48. The molecule has 4 N–H and O–H groups in total. The first kappa shape index (κ1) is 17.6. The number of hydrogen-bond donors (Lipinski definition) is 4. The van der Waals surface area contributed by atoms with Crippen LogP contribution in [0.3, 0.4) is 0 Å². The second-order valence-electron chi connectivity index (χ2n) is 4.30. The number of aliphatic hydroxyl groups is 1.